The average Bonchev–Trinajstić information content (AvgIpc) is 3.25. The highest BCUT2D eigenvalue weighted by molar-refractivity contribution is 6.30. The van der Waals surface area contributed by atoms with Crippen molar-refractivity contribution in [3.63, 3.8) is 0 Å². The van der Waals surface area contributed by atoms with Crippen LogP contribution >= 0.6 is 11.6 Å². The Morgan fingerprint density at radius 2 is 1.70 bits per heavy atom. The number of halogens is 1. The molecular formula is C16H13ClO3. The molecule has 2 aromatic carbocycles. The number of hydrogen-bond acceptors (Lipinski definition) is 3. The number of benzene rings is 2. The maximum absolute atomic E-state index is 11.8. The molecule has 3 rings (SSSR count). The van der Waals surface area contributed by atoms with Crippen molar-refractivity contribution in [2.45, 2.75) is 11.7 Å². The van der Waals surface area contributed by atoms with Gasteiger partial charge in [-0.05, 0) is 23.3 Å². The first kappa shape index (κ1) is 13.2. The minimum absolute atomic E-state index is 0.371. The van der Waals surface area contributed by atoms with Crippen LogP contribution in [-0.4, -0.2) is 19.2 Å². The SMILES string of the molecule is COC(=O)C1OC1(c1ccccc1)c1ccc(Cl)cc1. The second-order valence-corrected chi connectivity index (χ2v) is 5.07. The molecule has 1 fully saturated rings. The molecule has 1 saturated heterocycles. The van der Waals surface area contributed by atoms with Crippen molar-refractivity contribution in [1.82, 2.24) is 0 Å². The van der Waals surface area contributed by atoms with Crippen LogP contribution in [0.25, 0.3) is 0 Å². The predicted octanol–water partition coefficient (Wildman–Crippen LogP) is 3.16. The zero-order chi connectivity index (χ0) is 14.2. The van der Waals surface area contributed by atoms with E-state index in [4.69, 9.17) is 21.1 Å². The number of carbonyl (C=O) groups excluding carboxylic acids is 1. The molecule has 0 spiro atoms. The number of esters is 1. The molecule has 1 aliphatic heterocycles. The molecule has 2 unspecified atom stereocenters. The molecule has 0 N–H and O–H groups in total. The van der Waals surface area contributed by atoms with Gasteiger partial charge in [-0.1, -0.05) is 54.1 Å². The number of methoxy groups -OCH3 is 1. The molecule has 3 nitrogen and oxygen atoms in total. The molecule has 0 saturated carbocycles. The van der Waals surface area contributed by atoms with Crippen LogP contribution < -0.4 is 0 Å². The Labute approximate surface area is 122 Å². The number of ether oxygens (including phenoxy) is 2. The molecule has 0 bridgehead atoms. The Hall–Kier alpha value is -1.84. The summed E-state index contributed by atoms with van der Waals surface area (Å²) in [5, 5.41) is 0.646. The Balaban J connectivity index is 2.07. The highest BCUT2D eigenvalue weighted by Gasteiger charge is 2.63. The third-order valence-electron chi connectivity index (χ3n) is 3.51. The fraction of sp³-hybridized carbons (Fsp3) is 0.188. The van der Waals surface area contributed by atoms with Crippen molar-refractivity contribution >= 4 is 17.6 Å². The van der Waals surface area contributed by atoms with E-state index in [1.54, 1.807) is 12.1 Å². The lowest BCUT2D eigenvalue weighted by molar-refractivity contribution is -0.142. The second-order valence-electron chi connectivity index (χ2n) is 4.63. The molecule has 102 valence electrons. The molecule has 0 radical (unpaired) electrons. The summed E-state index contributed by atoms with van der Waals surface area (Å²) in [5.41, 5.74) is 1.06. The van der Waals surface area contributed by atoms with Gasteiger partial charge in [0.25, 0.3) is 0 Å². The minimum atomic E-state index is -0.765. The summed E-state index contributed by atoms with van der Waals surface area (Å²) >= 11 is 5.92. The van der Waals surface area contributed by atoms with Crippen LogP contribution in [0.5, 0.6) is 0 Å². The van der Waals surface area contributed by atoms with Crippen molar-refractivity contribution in [2.24, 2.45) is 0 Å². The predicted molar refractivity (Wildman–Crippen MR) is 75.6 cm³/mol. The van der Waals surface area contributed by atoms with E-state index in [1.807, 2.05) is 42.5 Å². The van der Waals surface area contributed by atoms with E-state index in [0.717, 1.165) is 11.1 Å². The molecule has 1 aliphatic rings. The molecule has 0 aromatic heterocycles. The van der Waals surface area contributed by atoms with E-state index in [-0.39, 0.29) is 5.97 Å². The summed E-state index contributed by atoms with van der Waals surface area (Å²) < 4.78 is 10.6. The second kappa shape index (κ2) is 4.93. The number of carbonyl (C=O) groups is 1. The summed E-state index contributed by atoms with van der Waals surface area (Å²) in [5.74, 6) is -0.371. The maximum Gasteiger partial charge on any atom is 0.338 e. The minimum Gasteiger partial charge on any atom is -0.467 e. The highest BCUT2D eigenvalue weighted by Crippen LogP contribution is 2.52. The quantitative estimate of drug-likeness (QED) is 0.643. The fourth-order valence-corrected chi connectivity index (χ4v) is 2.59. The Bertz CT molecular complexity index is 624. The zero-order valence-electron chi connectivity index (χ0n) is 10.9. The summed E-state index contributed by atoms with van der Waals surface area (Å²) in [6.07, 6.45) is -0.615. The number of hydrogen-bond donors (Lipinski definition) is 0. The first-order chi connectivity index (χ1) is 9.68. The molecule has 2 aromatic rings. The molecule has 1 heterocycles. The van der Waals surface area contributed by atoms with Crippen LogP contribution in [0.15, 0.2) is 54.6 Å². The van der Waals surface area contributed by atoms with Crippen LogP contribution in [0.2, 0.25) is 5.02 Å². The number of epoxide rings is 1. The molecule has 2 atom stereocenters. The van der Waals surface area contributed by atoms with Gasteiger partial charge < -0.3 is 9.47 Å². The summed E-state index contributed by atoms with van der Waals surface area (Å²) in [6.45, 7) is 0. The van der Waals surface area contributed by atoms with Crippen molar-refractivity contribution in [1.29, 1.82) is 0 Å². The van der Waals surface area contributed by atoms with Gasteiger partial charge in [0.2, 0.25) is 0 Å². The average molecular weight is 289 g/mol. The van der Waals surface area contributed by atoms with Gasteiger partial charge in [0, 0.05) is 5.02 Å². The lowest BCUT2D eigenvalue weighted by atomic mass is 9.88. The molecule has 0 aliphatic carbocycles. The summed E-state index contributed by atoms with van der Waals surface area (Å²) in [4.78, 5) is 11.8. The van der Waals surface area contributed by atoms with Gasteiger partial charge in [-0.2, -0.15) is 0 Å². The normalized spacial score (nSPS) is 24.2. The van der Waals surface area contributed by atoms with E-state index >= 15 is 0 Å². The van der Waals surface area contributed by atoms with E-state index in [0.29, 0.717) is 5.02 Å². The summed E-state index contributed by atoms with van der Waals surface area (Å²) in [7, 11) is 1.36. The third kappa shape index (κ3) is 1.99. The van der Waals surface area contributed by atoms with Gasteiger partial charge >= 0.3 is 5.97 Å². The largest absolute Gasteiger partial charge is 0.467 e. The summed E-state index contributed by atoms with van der Waals surface area (Å²) in [6, 6.07) is 17.0. The van der Waals surface area contributed by atoms with Gasteiger partial charge in [0.05, 0.1) is 7.11 Å². The van der Waals surface area contributed by atoms with Crippen molar-refractivity contribution in [3.05, 3.63) is 70.7 Å². The highest BCUT2D eigenvalue weighted by atomic mass is 35.5. The van der Waals surface area contributed by atoms with Crippen molar-refractivity contribution in [3.8, 4) is 0 Å². The first-order valence-electron chi connectivity index (χ1n) is 6.25. The molecule has 20 heavy (non-hydrogen) atoms. The van der Waals surface area contributed by atoms with Gasteiger partial charge in [-0.15, -0.1) is 0 Å². The van der Waals surface area contributed by atoms with E-state index in [9.17, 15) is 4.79 Å². The van der Waals surface area contributed by atoms with Crippen LogP contribution in [0.3, 0.4) is 0 Å². The van der Waals surface area contributed by atoms with E-state index in [2.05, 4.69) is 0 Å². The van der Waals surface area contributed by atoms with Crippen LogP contribution in [-0.2, 0) is 19.9 Å². The van der Waals surface area contributed by atoms with Crippen LogP contribution in [0.1, 0.15) is 11.1 Å². The van der Waals surface area contributed by atoms with Gasteiger partial charge in [0.1, 0.15) is 0 Å². The standard InChI is InChI=1S/C16H13ClO3/c1-19-15(18)14-16(20-14,11-5-3-2-4-6-11)12-7-9-13(17)10-8-12/h2-10,14H,1H3. The number of rotatable bonds is 3. The van der Waals surface area contributed by atoms with E-state index < -0.39 is 11.7 Å². The lowest BCUT2D eigenvalue weighted by Gasteiger charge is -2.14. The third-order valence-corrected chi connectivity index (χ3v) is 3.76. The Morgan fingerprint density at radius 1 is 1.10 bits per heavy atom. The van der Waals surface area contributed by atoms with Crippen molar-refractivity contribution < 1.29 is 14.3 Å². The monoisotopic (exact) mass is 288 g/mol. The topological polar surface area (TPSA) is 38.8 Å². The van der Waals surface area contributed by atoms with Crippen molar-refractivity contribution in [2.75, 3.05) is 7.11 Å². The zero-order valence-corrected chi connectivity index (χ0v) is 11.6. The van der Waals surface area contributed by atoms with E-state index in [1.165, 1.54) is 7.11 Å². The van der Waals surface area contributed by atoms with Crippen LogP contribution in [0, 0.1) is 0 Å². The molecular weight excluding hydrogens is 276 g/mol. The fourth-order valence-electron chi connectivity index (χ4n) is 2.46. The van der Waals surface area contributed by atoms with Gasteiger partial charge in [-0.25, -0.2) is 4.79 Å². The molecule has 0 amide bonds. The smallest absolute Gasteiger partial charge is 0.338 e. The maximum atomic E-state index is 11.8. The Kier molecular flexibility index (Phi) is 3.24. The molecule has 4 heteroatoms. The first-order valence-corrected chi connectivity index (χ1v) is 6.63. The van der Waals surface area contributed by atoms with Crippen LogP contribution in [0.4, 0.5) is 0 Å². The Morgan fingerprint density at radius 3 is 2.30 bits per heavy atom. The van der Waals surface area contributed by atoms with Gasteiger partial charge in [-0.3, -0.25) is 0 Å². The van der Waals surface area contributed by atoms with Gasteiger partial charge in [0.15, 0.2) is 11.7 Å². The lowest BCUT2D eigenvalue weighted by Crippen LogP contribution is -2.21.